The number of aromatic amines is 1. The number of hydrogen-bond acceptors (Lipinski definition) is 5. The quantitative estimate of drug-likeness (QED) is 0.493. The molecule has 1 atom stereocenters. The Bertz CT molecular complexity index is 1240. The molecule has 0 radical (unpaired) electrons. The van der Waals surface area contributed by atoms with Gasteiger partial charge in [0.05, 0.1) is 12.6 Å². The van der Waals surface area contributed by atoms with Crippen molar-refractivity contribution in [3.63, 3.8) is 0 Å². The zero-order valence-electron chi connectivity index (χ0n) is 19.2. The van der Waals surface area contributed by atoms with E-state index in [-0.39, 0.29) is 17.1 Å². The second-order valence-electron chi connectivity index (χ2n) is 9.17. The number of nitrogens with zero attached hydrogens (tertiary/aromatic N) is 6. The number of benzene rings is 2. The summed E-state index contributed by atoms with van der Waals surface area (Å²) in [5.74, 6) is 1.44. The number of nitrogens with one attached hydrogen (secondary N) is 1. The standard InChI is InChI=1S/C24H29N7O/c1-6-16(2)31-23(32)30(22(27-31)24(3,4)5)15-17-10-12-18(13-11-17)19-8-7-9-20(14-19)21-25-28-29-26-21/h7-14,16H,6,15H2,1-5H3,(H,25,26,28,29). The number of tetrazole rings is 1. The van der Waals surface area contributed by atoms with Gasteiger partial charge in [0.1, 0.15) is 5.82 Å². The van der Waals surface area contributed by atoms with E-state index >= 15 is 0 Å². The van der Waals surface area contributed by atoms with Crippen LogP contribution < -0.4 is 5.69 Å². The van der Waals surface area contributed by atoms with Crippen molar-refractivity contribution in [3.05, 3.63) is 70.4 Å². The van der Waals surface area contributed by atoms with Crippen molar-refractivity contribution in [2.45, 2.75) is 59.0 Å². The minimum Gasteiger partial charge on any atom is -0.274 e. The van der Waals surface area contributed by atoms with Gasteiger partial charge in [0.15, 0.2) is 5.82 Å². The summed E-state index contributed by atoms with van der Waals surface area (Å²) in [5.41, 5.74) is 3.86. The Hall–Kier alpha value is -3.55. The van der Waals surface area contributed by atoms with E-state index in [1.54, 1.807) is 9.25 Å². The highest BCUT2D eigenvalue weighted by Crippen LogP contribution is 2.25. The molecular weight excluding hydrogens is 402 g/mol. The first kappa shape index (κ1) is 21.7. The molecule has 0 saturated heterocycles. The third-order valence-electron chi connectivity index (χ3n) is 5.67. The molecule has 2 aromatic carbocycles. The van der Waals surface area contributed by atoms with Crippen LogP contribution in [-0.2, 0) is 12.0 Å². The lowest BCUT2D eigenvalue weighted by molar-refractivity contribution is 0.448. The SMILES string of the molecule is CCC(C)n1nc(C(C)(C)C)n(Cc2ccc(-c3cccc(-c4nnn[nH]4)c3)cc2)c1=O. The summed E-state index contributed by atoms with van der Waals surface area (Å²) in [7, 11) is 0. The molecule has 0 aliphatic carbocycles. The number of hydrogen-bond donors (Lipinski definition) is 1. The molecule has 32 heavy (non-hydrogen) atoms. The zero-order chi connectivity index (χ0) is 22.9. The van der Waals surface area contributed by atoms with E-state index in [9.17, 15) is 4.79 Å². The first-order valence-corrected chi connectivity index (χ1v) is 10.9. The molecular formula is C24H29N7O. The van der Waals surface area contributed by atoms with Crippen molar-refractivity contribution >= 4 is 0 Å². The van der Waals surface area contributed by atoms with Crippen LogP contribution in [0.15, 0.2) is 53.3 Å². The number of rotatable bonds is 6. The first-order valence-electron chi connectivity index (χ1n) is 10.9. The highest BCUT2D eigenvalue weighted by molar-refractivity contribution is 5.70. The number of H-pyrrole nitrogens is 1. The van der Waals surface area contributed by atoms with Crippen molar-refractivity contribution in [1.29, 1.82) is 0 Å². The molecule has 0 amide bonds. The van der Waals surface area contributed by atoms with Crippen LogP contribution in [0.3, 0.4) is 0 Å². The van der Waals surface area contributed by atoms with Crippen LogP contribution in [0.4, 0.5) is 0 Å². The van der Waals surface area contributed by atoms with Gasteiger partial charge in [-0.25, -0.2) is 14.6 Å². The smallest absolute Gasteiger partial charge is 0.274 e. The summed E-state index contributed by atoms with van der Waals surface area (Å²) in [6.07, 6.45) is 0.860. The third-order valence-corrected chi connectivity index (χ3v) is 5.67. The van der Waals surface area contributed by atoms with Gasteiger partial charge in [-0.15, -0.1) is 5.10 Å². The maximum absolute atomic E-state index is 13.1. The molecule has 4 rings (SSSR count). The molecule has 8 heteroatoms. The summed E-state index contributed by atoms with van der Waals surface area (Å²) in [6, 6.07) is 16.4. The van der Waals surface area contributed by atoms with Crippen LogP contribution in [0, 0.1) is 0 Å². The molecule has 0 spiro atoms. The molecule has 0 fully saturated rings. The Balaban J connectivity index is 1.63. The van der Waals surface area contributed by atoms with E-state index in [0.29, 0.717) is 12.4 Å². The summed E-state index contributed by atoms with van der Waals surface area (Å²) in [4.78, 5) is 13.1. The van der Waals surface area contributed by atoms with Gasteiger partial charge in [0.25, 0.3) is 0 Å². The summed E-state index contributed by atoms with van der Waals surface area (Å²) in [6.45, 7) is 10.9. The molecule has 0 aliphatic heterocycles. The van der Waals surface area contributed by atoms with Crippen LogP contribution in [0.25, 0.3) is 22.5 Å². The second-order valence-corrected chi connectivity index (χ2v) is 9.17. The van der Waals surface area contributed by atoms with Crippen molar-refractivity contribution in [2.75, 3.05) is 0 Å². The monoisotopic (exact) mass is 431 g/mol. The van der Waals surface area contributed by atoms with E-state index in [1.807, 2.05) is 19.1 Å². The topological polar surface area (TPSA) is 94.3 Å². The van der Waals surface area contributed by atoms with Gasteiger partial charge >= 0.3 is 5.69 Å². The first-order chi connectivity index (χ1) is 15.3. The van der Waals surface area contributed by atoms with Crippen LogP contribution in [0.2, 0.25) is 0 Å². The van der Waals surface area contributed by atoms with Crippen LogP contribution in [0.1, 0.15) is 58.5 Å². The fraction of sp³-hybridized carbons (Fsp3) is 0.375. The van der Waals surface area contributed by atoms with Crippen molar-refractivity contribution in [3.8, 4) is 22.5 Å². The molecule has 2 aromatic heterocycles. The fourth-order valence-electron chi connectivity index (χ4n) is 3.68. The predicted molar refractivity (Wildman–Crippen MR) is 124 cm³/mol. The normalized spacial score (nSPS) is 12.8. The van der Waals surface area contributed by atoms with Crippen LogP contribution in [-0.4, -0.2) is 35.0 Å². The van der Waals surface area contributed by atoms with E-state index in [1.165, 1.54) is 0 Å². The minimum atomic E-state index is -0.228. The second kappa shape index (κ2) is 8.53. The maximum atomic E-state index is 13.1. The highest BCUT2D eigenvalue weighted by atomic mass is 16.2. The van der Waals surface area contributed by atoms with Crippen LogP contribution >= 0.6 is 0 Å². The minimum absolute atomic E-state index is 0.0540. The molecule has 1 N–H and O–H groups in total. The Kier molecular flexibility index (Phi) is 5.78. The van der Waals surface area contributed by atoms with Gasteiger partial charge < -0.3 is 0 Å². The van der Waals surface area contributed by atoms with Crippen molar-refractivity contribution in [1.82, 2.24) is 35.0 Å². The Morgan fingerprint density at radius 2 is 1.75 bits per heavy atom. The van der Waals surface area contributed by atoms with Crippen molar-refractivity contribution < 1.29 is 0 Å². The lowest BCUT2D eigenvalue weighted by atomic mass is 9.95. The van der Waals surface area contributed by atoms with Crippen molar-refractivity contribution in [2.24, 2.45) is 0 Å². The lowest BCUT2D eigenvalue weighted by Gasteiger charge is -2.18. The van der Waals surface area contributed by atoms with Gasteiger partial charge in [0, 0.05) is 11.0 Å². The molecule has 166 valence electrons. The molecule has 2 heterocycles. The van der Waals surface area contributed by atoms with Gasteiger partial charge in [-0.2, -0.15) is 5.10 Å². The summed E-state index contributed by atoms with van der Waals surface area (Å²) in [5, 5.41) is 18.8. The predicted octanol–water partition coefficient (Wildman–Crippen LogP) is 4.21. The molecule has 0 aliphatic rings. The Labute approximate surface area is 187 Å². The van der Waals surface area contributed by atoms with Crippen LogP contribution in [0.5, 0.6) is 0 Å². The molecule has 0 bridgehead atoms. The van der Waals surface area contributed by atoms with E-state index in [4.69, 9.17) is 5.10 Å². The van der Waals surface area contributed by atoms with E-state index in [0.717, 1.165) is 34.5 Å². The fourth-order valence-corrected chi connectivity index (χ4v) is 3.68. The Morgan fingerprint density at radius 1 is 1.03 bits per heavy atom. The average molecular weight is 432 g/mol. The molecule has 0 saturated carbocycles. The van der Waals surface area contributed by atoms with Gasteiger partial charge in [0.2, 0.25) is 0 Å². The van der Waals surface area contributed by atoms with Gasteiger partial charge in [-0.3, -0.25) is 4.57 Å². The zero-order valence-corrected chi connectivity index (χ0v) is 19.2. The largest absolute Gasteiger partial charge is 0.346 e. The number of aromatic nitrogens is 7. The highest BCUT2D eigenvalue weighted by Gasteiger charge is 2.26. The van der Waals surface area contributed by atoms with E-state index < -0.39 is 0 Å². The maximum Gasteiger partial charge on any atom is 0.346 e. The third kappa shape index (κ3) is 4.26. The molecule has 4 aromatic rings. The van der Waals surface area contributed by atoms with E-state index in [2.05, 4.69) is 84.7 Å². The Morgan fingerprint density at radius 3 is 2.38 bits per heavy atom. The summed E-state index contributed by atoms with van der Waals surface area (Å²) >= 11 is 0. The lowest BCUT2D eigenvalue weighted by Crippen LogP contribution is -2.29. The average Bonchev–Trinajstić information content (AvgIpc) is 3.43. The molecule has 1 unspecified atom stereocenters. The van der Waals surface area contributed by atoms with Gasteiger partial charge in [-0.05, 0) is 46.5 Å². The summed E-state index contributed by atoms with van der Waals surface area (Å²) < 4.78 is 3.43. The molecule has 8 nitrogen and oxygen atoms in total. The van der Waals surface area contributed by atoms with Gasteiger partial charge in [-0.1, -0.05) is 70.2 Å².